The summed E-state index contributed by atoms with van der Waals surface area (Å²) in [5.74, 6) is -1.01. The van der Waals surface area contributed by atoms with Crippen molar-refractivity contribution in [2.45, 2.75) is 13.3 Å². The van der Waals surface area contributed by atoms with Gasteiger partial charge in [0.1, 0.15) is 0 Å². The molecule has 0 aliphatic rings. The van der Waals surface area contributed by atoms with Crippen molar-refractivity contribution < 1.29 is 14.8 Å². The predicted octanol–water partition coefficient (Wildman–Crippen LogP) is 3.28. The molecule has 2 rings (SSSR count). The molecule has 0 aliphatic carbocycles. The summed E-state index contributed by atoms with van der Waals surface area (Å²) in [4.78, 5) is 22.0. The highest BCUT2D eigenvalue weighted by atomic mass is 35.5. The summed E-state index contributed by atoms with van der Waals surface area (Å²) >= 11 is 5.77. The molecule has 0 fully saturated rings. The normalized spacial score (nSPS) is 10.8. The van der Waals surface area contributed by atoms with Crippen molar-refractivity contribution in [2.75, 3.05) is 0 Å². The highest BCUT2D eigenvalue weighted by Gasteiger charge is 2.17. The van der Waals surface area contributed by atoms with E-state index in [1.54, 1.807) is 12.1 Å². The molecular formula is C16H14ClN3O4. The van der Waals surface area contributed by atoms with Crippen LogP contribution in [0, 0.1) is 10.1 Å². The average Bonchev–Trinajstić information content (AvgIpc) is 2.57. The van der Waals surface area contributed by atoms with Gasteiger partial charge in [-0.25, -0.2) is 5.43 Å². The lowest BCUT2D eigenvalue weighted by Crippen LogP contribution is -2.17. The van der Waals surface area contributed by atoms with Crippen LogP contribution in [0.15, 0.2) is 41.5 Å². The maximum Gasteiger partial charge on any atom is 0.312 e. The molecule has 0 aliphatic heterocycles. The van der Waals surface area contributed by atoms with Crippen LogP contribution in [-0.2, 0) is 6.42 Å². The second-order valence-corrected chi connectivity index (χ2v) is 5.31. The number of benzene rings is 2. The minimum atomic E-state index is -0.758. The Morgan fingerprint density at radius 1 is 1.38 bits per heavy atom. The molecule has 2 aromatic carbocycles. The molecule has 0 aromatic heterocycles. The third-order valence-corrected chi connectivity index (χ3v) is 3.49. The highest BCUT2D eigenvalue weighted by Crippen LogP contribution is 2.32. The quantitative estimate of drug-likeness (QED) is 0.492. The first kappa shape index (κ1) is 17.4. The van der Waals surface area contributed by atoms with Gasteiger partial charge in [0.25, 0.3) is 5.91 Å². The molecule has 1 amide bonds. The van der Waals surface area contributed by atoms with Gasteiger partial charge in [-0.05, 0) is 30.2 Å². The number of hydrazone groups is 1. The van der Waals surface area contributed by atoms with E-state index in [0.29, 0.717) is 5.56 Å². The third kappa shape index (κ3) is 4.08. The van der Waals surface area contributed by atoms with Crippen LogP contribution in [0.1, 0.15) is 28.4 Å². The molecule has 8 heteroatoms. The standard InChI is InChI=1S/C16H14ClN3O4/c1-2-10-3-5-11(6-4-10)16(22)19-18-9-12-7-13(17)8-14(15(12)21)20(23)24/h3-9,21H,2H2,1H3,(H,19,22)/b18-9+. The second-order valence-electron chi connectivity index (χ2n) is 4.87. The Morgan fingerprint density at radius 3 is 2.62 bits per heavy atom. The largest absolute Gasteiger partial charge is 0.502 e. The molecular weight excluding hydrogens is 334 g/mol. The number of amides is 1. The maximum atomic E-state index is 11.9. The fourth-order valence-electron chi connectivity index (χ4n) is 1.96. The van der Waals surface area contributed by atoms with Crippen LogP contribution in [0.5, 0.6) is 5.75 Å². The van der Waals surface area contributed by atoms with Gasteiger partial charge in [-0.15, -0.1) is 0 Å². The number of hydrogen-bond acceptors (Lipinski definition) is 5. The molecule has 0 heterocycles. The lowest BCUT2D eigenvalue weighted by molar-refractivity contribution is -0.385. The number of hydrogen-bond donors (Lipinski definition) is 2. The summed E-state index contributed by atoms with van der Waals surface area (Å²) in [5.41, 5.74) is 3.30. The SMILES string of the molecule is CCc1ccc(C(=O)N/N=C/c2cc(Cl)cc([N+](=O)[O-])c2O)cc1. The topological polar surface area (TPSA) is 105 Å². The maximum absolute atomic E-state index is 11.9. The number of nitro benzene ring substituents is 1. The number of nitrogens with zero attached hydrogens (tertiary/aromatic N) is 2. The van der Waals surface area contributed by atoms with Gasteiger partial charge in [-0.1, -0.05) is 30.7 Å². The van der Waals surface area contributed by atoms with Crippen molar-refractivity contribution in [2.24, 2.45) is 5.10 Å². The van der Waals surface area contributed by atoms with Gasteiger partial charge < -0.3 is 5.11 Å². The second kappa shape index (κ2) is 7.56. The summed E-state index contributed by atoms with van der Waals surface area (Å²) in [6.07, 6.45) is 1.96. The number of rotatable bonds is 5. The van der Waals surface area contributed by atoms with E-state index >= 15 is 0 Å². The van der Waals surface area contributed by atoms with Gasteiger partial charge in [-0.3, -0.25) is 14.9 Å². The Balaban J connectivity index is 2.13. The van der Waals surface area contributed by atoms with E-state index in [4.69, 9.17) is 11.6 Å². The summed E-state index contributed by atoms with van der Waals surface area (Å²) in [6, 6.07) is 9.35. The van der Waals surface area contributed by atoms with E-state index in [1.165, 1.54) is 6.07 Å². The molecule has 2 aromatic rings. The van der Waals surface area contributed by atoms with Crippen molar-refractivity contribution in [3.63, 3.8) is 0 Å². The van der Waals surface area contributed by atoms with Crippen LogP contribution in [0.3, 0.4) is 0 Å². The van der Waals surface area contributed by atoms with Crippen LogP contribution in [0.2, 0.25) is 5.02 Å². The number of phenols is 1. The minimum Gasteiger partial charge on any atom is -0.502 e. The molecule has 0 saturated heterocycles. The molecule has 2 N–H and O–H groups in total. The third-order valence-electron chi connectivity index (χ3n) is 3.27. The summed E-state index contributed by atoms with van der Waals surface area (Å²) in [7, 11) is 0. The molecule has 0 atom stereocenters. The van der Waals surface area contributed by atoms with E-state index in [2.05, 4.69) is 10.5 Å². The van der Waals surface area contributed by atoms with E-state index in [0.717, 1.165) is 24.3 Å². The Bertz CT molecular complexity index is 804. The highest BCUT2D eigenvalue weighted by molar-refractivity contribution is 6.31. The summed E-state index contributed by atoms with van der Waals surface area (Å²) in [6.45, 7) is 2.01. The van der Waals surface area contributed by atoms with Crippen molar-refractivity contribution in [1.82, 2.24) is 5.43 Å². The molecule has 24 heavy (non-hydrogen) atoms. The summed E-state index contributed by atoms with van der Waals surface area (Å²) in [5, 5.41) is 24.4. The van der Waals surface area contributed by atoms with Crippen molar-refractivity contribution >= 4 is 29.4 Å². The van der Waals surface area contributed by atoms with Crippen LogP contribution >= 0.6 is 11.6 Å². The van der Waals surface area contributed by atoms with Gasteiger partial charge in [-0.2, -0.15) is 5.10 Å². The Hall–Kier alpha value is -2.93. The average molecular weight is 348 g/mol. The number of phenolic OH excluding ortho intramolecular Hbond substituents is 1. The number of aryl methyl sites for hydroxylation is 1. The van der Waals surface area contributed by atoms with E-state index < -0.39 is 22.3 Å². The zero-order valence-corrected chi connectivity index (χ0v) is 13.4. The molecule has 0 bridgehead atoms. The number of carbonyl (C=O) groups excluding carboxylic acids is 1. The first-order chi connectivity index (χ1) is 11.4. The molecule has 0 unspecified atom stereocenters. The van der Waals surface area contributed by atoms with Crippen LogP contribution < -0.4 is 5.43 Å². The fourth-order valence-corrected chi connectivity index (χ4v) is 2.18. The number of nitro groups is 1. The first-order valence-corrected chi connectivity index (χ1v) is 7.39. The van der Waals surface area contributed by atoms with Crippen molar-refractivity contribution in [3.05, 3.63) is 68.2 Å². The van der Waals surface area contributed by atoms with Gasteiger partial charge in [0, 0.05) is 22.2 Å². The fraction of sp³-hybridized carbons (Fsp3) is 0.125. The summed E-state index contributed by atoms with van der Waals surface area (Å²) < 4.78 is 0. The smallest absolute Gasteiger partial charge is 0.312 e. The number of nitrogens with one attached hydrogen (secondary N) is 1. The van der Waals surface area contributed by atoms with Gasteiger partial charge in [0.2, 0.25) is 5.75 Å². The van der Waals surface area contributed by atoms with Gasteiger partial charge in [0.15, 0.2) is 0 Å². The first-order valence-electron chi connectivity index (χ1n) is 7.01. The molecule has 124 valence electrons. The lowest BCUT2D eigenvalue weighted by atomic mass is 10.1. The van der Waals surface area contributed by atoms with Gasteiger partial charge in [0.05, 0.1) is 11.1 Å². The molecule has 0 radical (unpaired) electrons. The van der Waals surface area contributed by atoms with E-state index in [1.807, 2.05) is 19.1 Å². The molecule has 7 nitrogen and oxygen atoms in total. The predicted molar refractivity (Wildman–Crippen MR) is 90.7 cm³/mol. The molecule has 0 saturated carbocycles. The van der Waals surface area contributed by atoms with Gasteiger partial charge >= 0.3 is 5.69 Å². The number of aromatic hydroxyl groups is 1. The van der Waals surface area contributed by atoms with Crippen LogP contribution in [0.4, 0.5) is 5.69 Å². The van der Waals surface area contributed by atoms with Crippen LogP contribution in [-0.4, -0.2) is 22.2 Å². The van der Waals surface area contributed by atoms with E-state index in [-0.39, 0.29) is 10.6 Å². The van der Waals surface area contributed by atoms with Crippen molar-refractivity contribution in [3.8, 4) is 5.75 Å². The Labute approximate surface area is 142 Å². The number of carbonyl (C=O) groups is 1. The Morgan fingerprint density at radius 2 is 2.04 bits per heavy atom. The van der Waals surface area contributed by atoms with Crippen molar-refractivity contribution in [1.29, 1.82) is 0 Å². The van der Waals surface area contributed by atoms with E-state index in [9.17, 15) is 20.0 Å². The zero-order chi connectivity index (χ0) is 17.7. The Kier molecular flexibility index (Phi) is 5.49. The monoisotopic (exact) mass is 347 g/mol. The van der Waals surface area contributed by atoms with Crippen LogP contribution in [0.25, 0.3) is 0 Å². The molecule has 0 spiro atoms. The minimum absolute atomic E-state index is 0.0239. The number of halogens is 1. The lowest BCUT2D eigenvalue weighted by Gasteiger charge is -2.03. The zero-order valence-electron chi connectivity index (χ0n) is 12.7.